The second-order valence-corrected chi connectivity index (χ2v) is 5.48. The van der Waals surface area contributed by atoms with Crippen molar-refractivity contribution in [1.82, 2.24) is 4.90 Å². The number of carbonyl (C=O) groups is 1. The van der Waals surface area contributed by atoms with E-state index in [1.54, 1.807) is 18.2 Å². The molecule has 3 heteroatoms. The Balaban J connectivity index is 1.89. The minimum Gasteiger partial charge on any atom is -0.377 e. The van der Waals surface area contributed by atoms with Gasteiger partial charge in [0.25, 0.3) is 0 Å². The van der Waals surface area contributed by atoms with E-state index in [0.29, 0.717) is 5.56 Å². The van der Waals surface area contributed by atoms with Crippen molar-refractivity contribution in [2.75, 3.05) is 13.1 Å². The van der Waals surface area contributed by atoms with Gasteiger partial charge in [-0.3, -0.25) is 4.79 Å². The number of halogens is 1. The predicted octanol–water partition coefficient (Wildman–Crippen LogP) is 4.28. The highest BCUT2D eigenvalue weighted by atomic mass is 19.1. The lowest BCUT2D eigenvalue weighted by molar-refractivity contribution is 0.104. The summed E-state index contributed by atoms with van der Waals surface area (Å²) in [6, 6.07) is 13.7. The molecule has 3 rings (SSSR count). The van der Waals surface area contributed by atoms with E-state index in [1.165, 1.54) is 25.0 Å². The van der Waals surface area contributed by atoms with Crippen LogP contribution in [0.2, 0.25) is 0 Å². The normalized spacial score (nSPS) is 14.7. The molecule has 2 nitrogen and oxygen atoms in total. The van der Waals surface area contributed by atoms with Crippen molar-refractivity contribution < 1.29 is 9.18 Å². The van der Waals surface area contributed by atoms with Crippen LogP contribution in [0.4, 0.5) is 4.39 Å². The van der Waals surface area contributed by atoms with Gasteiger partial charge in [-0.2, -0.15) is 0 Å². The molecule has 0 spiro atoms. The highest BCUT2D eigenvalue weighted by Gasteiger charge is 2.12. The van der Waals surface area contributed by atoms with Crippen LogP contribution >= 0.6 is 0 Å². The number of hydrogen-bond donors (Lipinski definition) is 0. The summed E-state index contributed by atoms with van der Waals surface area (Å²) in [4.78, 5) is 14.6. The highest BCUT2D eigenvalue weighted by Crippen LogP contribution is 2.25. The molecule has 112 valence electrons. The lowest BCUT2D eigenvalue weighted by atomic mass is 9.97. The van der Waals surface area contributed by atoms with Gasteiger partial charge in [-0.15, -0.1) is 0 Å². The first-order chi connectivity index (χ1) is 10.7. The SMILES string of the molecule is O=C(/C=C/N1CCCC1)c1ccccc1-c1cccc(F)c1. The fraction of sp³-hybridized carbons (Fsp3) is 0.211. The van der Waals surface area contributed by atoms with Crippen molar-refractivity contribution in [1.29, 1.82) is 0 Å². The Hall–Kier alpha value is -2.42. The standard InChI is InChI=1S/C19H18FNO/c20-16-7-5-6-15(14-16)17-8-1-2-9-18(17)19(22)10-13-21-11-3-4-12-21/h1-2,5-10,13-14H,3-4,11-12H2/b13-10+. The van der Waals surface area contributed by atoms with Crippen molar-refractivity contribution in [2.45, 2.75) is 12.8 Å². The quantitative estimate of drug-likeness (QED) is 0.619. The number of nitrogens with zero attached hydrogens (tertiary/aromatic N) is 1. The molecule has 2 aromatic rings. The summed E-state index contributed by atoms with van der Waals surface area (Å²) < 4.78 is 13.4. The molecule has 1 aliphatic heterocycles. The first kappa shape index (κ1) is 14.5. The number of benzene rings is 2. The first-order valence-electron chi connectivity index (χ1n) is 7.55. The smallest absolute Gasteiger partial charge is 0.187 e. The molecule has 0 N–H and O–H groups in total. The van der Waals surface area contributed by atoms with Crippen LogP contribution in [0.3, 0.4) is 0 Å². The summed E-state index contributed by atoms with van der Waals surface area (Å²) in [6.45, 7) is 2.02. The van der Waals surface area contributed by atoms with E-state index in [4.69, 9.17) is 0 Å². The Morgan fingerprint density at radius 1 is 1.05 bits per heavy atom. The zero-order valence-electron chi connectivity index (χ0n) is 12.3. The van der Waals surface area contributed by atoms with Gasteiger partial charge in [-0.1, -0.05) is 36.4 Å². The van der Waals surface area contributed by atoms with E-state index in [2.05, 4.69) is 4.90 Å². The van der Waals surface area contributed by atoms with Gasteiger partial charge >= 0.3 is 0 Å². The third-order valence-electron chi connectivity index (χ3n) is 3.91. The lowest BCUT2D eigenvalue weighted by Gasteiger charge is -2.11. The minimum atomic E-state index is -0.299. The third-order valence-corrected chi connectivity index (χ3v) is 3.91. The van der Waals surface area contributed by atoms with E-state index in [1.807, 2.05) is 30.5 Å². The Morgan fingerprint density at radius 3 is 2.59 bits per heavy atom. The molecular formula is C19H18FNO. The van der Waals surface area contributed by atoms with Gasteiger partial charge in [0.05, 0.1) is 0 Å². The van der Waals surface area contributed by atoms with Crippen LogP contribution < -0.4 is 0 Å². The molecule has 0 unspecified atom stereocenters. The number of allylic oxidation sites excluding steroid dienone is 1. The van der Waals surface area contributed by atoms with Crippen LogP contribution in [0.15, 0.2) is 60.8 Å². The number of carbonyl (C=O) groups excluding carboxylic acids is 1. The molecule has 0 aliphatic carbocycles. The summed E-state index contributed by atoms with van der Waals surface area (Å²) in [7, 11) is 0. The van der Waals surface area contributed by atoms with Gasteiger partial charge in [0.2, 0.25) is 0 Å². The number of ketones is 1. The van der Waals surface area contributed by atoms with Crippen molar-refractivity contribution in [3.05, 3.63) is 72.2 Å². The fourth-order valence-corrected chi connectivity index (χ4v) is 2.76. The summed E-state index contributed by atoms with van der Waals surface area (Å²) in [5.41, 5.74) is 2.08. The fourth-order valence-electron chi connectivity index (χ4n) is 2.76. The van der Waals surface area contributed by atoms with Crippen molar-refractivity contribution >= 4 is 5.78 Å². The molecule has 0 saturated carbocycles. The van der Waals surface area contributed by atoms with Crippen molar-refractivity contribution in [2.24, 2.45) is 0 Å². The van der Waals surface area contributed by atoms with E-state index in [0.717, 1.165) is 24.2 Å². The maximum Gasteiger partial charge on any atom is 0.187 e. The third kappa shape index (κ3) is 3.25. The van der Waals surface area contributed by atoms with Crippen LogP contribution in [0.5, 0.6) is 0 Å². The molecule has 0 aromatic heterocycles. The van der Waals surface area contributed by atoms with Gasteiger partial charge in [0, 0.05) is 30.9 Å². The van der Waals surface area contributed by atoms with E-state index in [-0.39, 0.29) is 11.6 Å². The summed E-state index contributed by atoms with van der Waals surface area (Å²) in [5.74, 6) is -0.348. The summed E-state index contributed by atoms with van der Waals surface area (Å²) in [6.07, 6.45) is 5.85. The first-order valence-corrected chi connectivity index (χ1v) is 7.55. The zero-order chi connectivity index (χ0) is 15.4. The maximum atomic E-state index is 13.4. The van der Waals surface area contributed by atoms with E-state index in [9.17, 15) is 9.18 Å². The predicted molar refractivity (Wildman–Crippen MR) is 86.1 cm³/mol. The van der Waals surface area contributed by atoms with E-state index < -0.39 is 0 Å². The molecule has 1 aliphatic rings. The average molecular weight is 295 g/mol. The summed E-state index contributed by atoms with van der Waals surface area (Å²) in [5, 5.41) is 0. The van der Waals surface area contributed by atoms with Crippen LogP contribution in [0.1, 0.15) is 23.2 Å². The van der Waals surface area contributed by atoms with Gasteiger partial charge in [-0.05, 0) is 36.1 Å². The minimum absolute atomic E-state index is 0.0493. The Labute approximate surface area is 129 Å². The van der Waals surface area contributed by atoms with Gasteiger partial charge < -0.3 is 4.90 Å². The summed E-state index contributed by atoms with van der Waals surface area (Å²) >= 11 is 0. The van der Waals surface area contributed by atoms with Crippen molar-refractivity contribution in [3.8, 4) is 11.1 Å². The molecular weight excluding hydrogens is 277 g/mol. The van der Waals surface area contributed by atoms with Crippen LogP contribution in [0, 0.1) is 5.82 Å². The number of rotatable bonds is 4. The van der Waals surface area contributed by atoms with Crippen LogP contribution in [-0.4, -0.2) is 23.8 Å². The number of hydrogen-bond acceptors (Lipinski definition) is 2. The van der Waals surface area contributed by atoms with E-state index >= 15 is 0 Å². The molecule has 22 heavy (non-hydrogen) atoms. The monoisotopic (exact) mass is 295 g/mol. The van der Waals surface area contributed by atoms with Crippen molar-refractivity contribution in [3.63, 3.8) is 0 Å². The number of likely N-dealkylation sites (tertiary alicyclic amines) is 1. The van der Waals surface area contributed by atoms with Crippen LogP contribution in [-0.2, 0) is 0 Å². The van der Waals surface area contributed by atoms with Gasteiger partial charge in [0.1, 0.15) is 5.82 Å². The highest BCUT2D eigenvalue weighted by molar-refractivity contribution is 6.09. The molecule has 0 atom stereocenters. The van der Waals surface area contributed by atoms with Gasteiger partial charge in [-0.25, -0.2) is 4.39 Å². The Bertz CT molecular complexity index is 702. The molecule has 0 radical (unpaired) electrons. The second kappa shape index (κ2) is 6.56. The molecule has 1 heterocycles. The Kier molecular flexibility index (Phi) is 4.33. The second-order valence-electron chi connectivity index (χ2n) is 5.48. The topological polar surface area (TPSA) is 20.3 Å². The lowest BCUT2D eigenvalue weighted by Crippen LogP contribution is -2.11. The molecule has 0 bridgehead atoms. The largest absolute Gasteiger partial charge is 0.377 e. The van der Waals surface area contributed by atoms with Gasteiger partial charge in [0.15, 0.2) is 5.78 Å². The molecule has 1 saturated heterocycles. The average Bonchev–Trinajstić information content (AvgIpc) is 3.06. The van der Waals surface area contributed by atoms with Crippen LogP contribution in [0.25, 0.3) is 11.1 Å². The molecule has 0 amide bonds. The Morgan fingerprint density at radius 2 is 1.82 bits per heavy atom. The molecule has 1 fully saturated rings. The molecule has 2 aromatic carbocycles. The zero-order valence-corrected chi connectivity index (χ0v) is 12.3. The maximum absolute atomic E-state index is 13.4.